The molecule has 2 amide bonds. The van der Waals surface area contributed by atoms with Gasteiger partial charge in [-0.3, -0.25) is 9.59 Å². The first-order valence-electron chi connectivity index (χ1n) is 9.32. The number of carbonyl (C=O) groups is 2. The van der Waals surface area contributed by atoms with Gasteiger partial charge in [-0.25, -0.2) is 0 Å². The van der Waals surface area contributed by atoms with Crippen molar-refractivity contribution < 1.29 is 28.3 Å². The second kappa shape index (κ2) is 10.1. The van der Waals surface area contributed by atoms with Gasteiger partial charge in [-0.2, -0.15) is 4.98 Å². The Labute approximate surface area is 178 Å². The van der Waals surface area contributed by atoms with Crippen molar-refractivity contribution >= 4 is 11.8 Å². The van der Waals surface area contributed by atoms with Crippen LogP contribution in [0.15, 0.2) is 47.0 Å². The highest BCUT2D eigenvalue weighted by Gasteiger charge is 2.16. The molecule has 1 aromatic heterocycles. The lowest BCUT2D eigenvalue weighted by Gasteiger charge is -2.10. The molecule has 1 heterocycles. The Morgan fingerprint density at radius 2 is 1.55 bits per heavy atom. The summed E-state index contributed by atoms with van der Waals surface area (Å²) in [6, 6.07) is 11.9. The number of aromatic nitrogens is 2. The molecule has 0 atom stereocenters. The van der Waals surface area contributed by atoms with E-state index in [4.69, 9.17) is 18.7 Å². The minimum atomic E-state index is -0.535. The average molecular weight is 426 g/mol. The highest BCUT2D eigenvalue weighted by Crippen LogP contribution is 2.27. The molecule has 2 N–H and O–H groups in total. The van der Waals surface area contributed by atoms with Crippen LogP contribution in [-0.4, -0.2) is 56.4 Å². The van der Waals surface area contributed by atoms with Gasteiger partial charge < -0.3 is 29.4 Å². The Morgan fingerprint density at radius 1 is 0.871 bits per heavy atom. The van der Waals surface area contributed by atoms with E-state index in [9.17, 15) is 9.59 Å². The number of carbonyl (C=O) groups excluding carboxylic acids is 2. The number of hydrogen-bond donors (Lipinski definition) is 2. The topological polar surface area (TPSA) is 125 Å². The van der Waals surface area contributed by atoms with Crippen LogP contribution in [0.25, 0.3) is 11.4 Å². The molecule has 31 heavy (non-hydrogen) atoms. The molecule has 0 aliphatic heterocycles. The summed E-state index contributed by atoms with van der Waals surface area (Å²) in [7, 11) is 4.58. The van der Waals surface area contributed by atoms with Crippen LogP contribution >= 0.6 is 0 Å². The average Bonchev–Trinajstić information content (AvgIpc) is 3.31. The summed E-state index contributed by atoms with van der Waals surface area (Å²) >= 11 is 0. The molecule has 0 spiro atoms. The minimum absolute atomic E-state index is 0.169. The Bertz CT molecular complexity index is 1050. The first-order chi connectivity index (χ1) is 15.0. The van der Waals surface area contributed by atoms with Gasteiger partial charge in [0.1, 0.15) is 5.75 Å². The van der Waals surface area contributed by atoms with Gasteiger partial charge in [-0.1, -0.05) is 5.16 Å². The molecule has 0 aliphatic rings. The van der Waals surface area contributed by atoms with Gasteiger partial charge in [0, 0.05) is 24.2 Å². The first kappa shape index (κ1) is 21.6. The van der Waals surface area contributed by atoms with E-state index < -0.39 is 5.91 Å². The molecule has 0 saturated carbocycles. The van der Waals surface area contributed by atoms with Crippen LogP contribution in [0.1, 0.15) is 21.0 Å². The van der Waals surface area contributed by atoms with E-state index >= 15 is 0 Å². The maximum absolute atomic E-state index is 12.3. The number of rotatable bonds is 9. The maximum atomic E-state index is 12.3. The van der Waals surface area contributed by atoms with Crippen molar-refractivity contribution in [3.05, 3.63) is 53.9 Å². The highest BCUT2D eigenvalue weighted by atomic mass is 16.5. The monoisotopic (exact) mass is 426 g/mol. The van der Waals surface area contributed by atoms with Crippen LogP contribution in [0.5, 0.6) is 17.2 Å². The number of methoxy groups -OCH3 is 3. The van der Waals surface area contributed by atoms with Gasteiger partial charge in [0.05, 0.1) is 21.3 Å². The quantitative estimate of drug-likeness (QED) is 0.497. The van der Waals surface area contributed by atoms with Crippen LogP contribution in [0, 0.1) is 0 Å². The second-order valence-corrected chi connectivity index (χ2v) is 6.23. The fourth-order valence-electron chi connectivity index (χ4n) is 2.68. The fourth-order valence-corrected chi connectivity index (χ4v) is 2.68. The zero-order valence-electron chi connectivity index (χ0n) is 17.3. The molecule has 10 heteroatoms. The highest BCUT2D eigenvalue weighted by molar-refractivity contribution is 5.95. The zero-order chi connectivity index (χ0) is 22.2. The molecular weight excluding hydrogens is 404 g/mol. The number of nitrogens with zero attached hydrogens (tertiary/aromatic N) is 2. The van der Waals surface area contributed by atoms with E-state index in [0.29, 0.717) is 28.4 Å². The Balaban J connectivity index is 1.49. The lowest BCUT2D eigenvalue weighted by Crippen LogP contribution is -2.34. The molecule has 3 aromatic rings. The Kier molecular flexibility index (Phi) is 7.05. The first-order valence-corrected chi connectivity index (χ1v) is 9.32. The van der Waals surface area contributed by atoms with Gasteiger partial charge in [0.25, 0.3) is 5.91 Å². The summed E-state index contributed by atoms with van der Waals surface area (Å²) in [5.74, 6) is 0.946. The van der Waals surface area contributed by atoms with E-state index in [0.717, 1.165) is 0 Å². The van der Waals surface area contributed by atoms with Crippen LogP contribution in [0.3, 0.4) is 0 Å². The van der Waals surface area contributed by atoms with Crippen molar-refractivity contribution in [3.8, 4) is 28.6 Å². The van der Waals surface area contributed by atoms with Gasteiger partial charge in [0.2, 0.25) is 5.82 Å². The molecule has 0 fully saturated rings. The maximum Gasteiger partial charge on any atom is 0.316 e. The lowest BCUT2D eigenvalue weighted by atomic mass is 10.2. The fraction of sp³-hybridized carbons (Fsp3) is 0.238. The third-order valence-electron chi connectivity index (χ3n) is 4.31. The van der Waals surface area contributed by atoms with E-state index in [1.807, 2.05) is 0 Å². The van der Waals surface area contributed by atoms with Gasteiger partial charge >= 0.3 is 11.8 Å². The van der Waals surface area contributed by atoms with Crippen LogP contribution in [0.4, 0.5) is 0 Å². The van der Waals surface area contributed by atoms with E-state index in [2.05, 4.69) is 20.8 Å². The third-order valence-corrected chi connectivity index (χ3v) is 4.31. The zero-order valence-corrected chi connectivity index (χ0v) is 17.3. The number of nitrogens with one attached hydrogen (secondary N) is 2. The molecule has 2 aromatic carbocycles. The number of hydrogen-bond acceptors (Lipinski definition) is 8. The van der Waals surface area contributed by atoms with E-state index in [1.54, 1.807) is 49.6 Å². The summed E-state index contributed by atoms with van der Waals surface area (Å²) in [6.45, 7) is 0.385. The van der Waals surface area contributed by atoms with Crippen molar-refractivity contribution in [2.45, 2.75) is 0 Å². The van der Waals surface area contributed by atoms with Crippen LogP contribution in [0.2, 0.25) is 0 Å². The Hall–Kier alpha value is -4.08. The predicted octanol–water partition coefficient (Wildman–Crippen LogP) is 1.92. The second-order valence-electron chi connectivity index (χ2n) is 6.23. The molecule has 0 saturated heterocycles. The lowest BCUT2D eigenvalue weighted by molar-refractivity contribution is 0.0898. The number of amides is 2. The molecule has 0 radical (unpaired) electrons. The number of benzene rings is 2. The predicted molar refractivity (Wildman–Crippen MR) is 110 cm³/mol. The molecule has 3 rings (SSSR count). The summed E-state index contributed by atoms with van der Waals surface area (Å²) in [5, 5.41) is 9.13. The van der Waals surface area contributed by atoms with Crippen molar-refractivity contribution in [3.63, 3.8) is 0 Å². The molecule has 0 bridgehead atoms. The molecule has 0 unspecified atom stereocenters. The van der Waals surface area contributed by atoms with Gasteiger partial charge in [-0.05, 0) is 42.5 Å². The molecule has 162 valence electrons. The standard InChI is InChI=1S/C21H22N4O6/c1-28-15-7-4-13(5-8-15)18-24-21(31-25-18)20(27)23-11-10-22-19(26)14-6-9-16(29-2)17(12-14)30-3/h4-9,12H,10-11H2,1-3H3,(H,22,26)(H,23,27). The summed E-state index contributed by atoms with van der Waals surface area (Å²) in [4.78, 5) is 28.5. The SMILES string of the molecule is COc1ccc(-c2noc(C(=O)NCCNC(=O)c3ccc(OC)c(OC)c3)n2)cc1. The van der Waals surface area contributed by atoms with E-state index in [1.165, 1.54) is 14.2 Å². The van der Waals surface area contributed by atoms with Gasteiger partial charge in [-0.15, -0.1) is 0 Å². The van der Waals surface area contributed by atoms with Crippen molar-refractivity contribution in [1.82, 2.24) is 20.8 Å². The van der Waals surface area contributed by atoms with Crippen molar-refractivity contribution in [2.24, 2.45) is 0 Å². The van der Waals surface area contributed by atoms with Gasteiger partial charge in [0.15, 0.2) is 11.5 Å². The largest absolute Gasteiger partial charge is 0.497 e. The third kappa shape index (κ3) is 5.30. The van der Waals surface area contributed by atoms with E-state index in [-0.39, 0.29) is 30.7 Å². The molecular formula is C21H22N4O6. The smallest absolute Gasteiger partial charge is 0.316 e. The summed E-state index contributed by atoms with van der Waals surface area (Å²) in [6.07, 6.45) is 0. The molecule has 10 nitrogen and oxygen atoms in total. The Morgan fingerprint density at radius 3 is 2.19 bits per heavy atom. The number of ether oxygens (including phenoxy) is 3. The van der Waals surface area contributed by atoms with Crippen LogP contribution in [-0.2, 0) is 0 Å². The van der Waals surface area contributed by atoms with Crippen molar-refractivity contribution in [2.75, 3.05) is 34.4 Å². The van der Waals surface area contributed by atoms with Crippen LogP contribution < -0.4 is 24.8 Å². The summed E-state index contributed by atoms with van der Waals surface area (Å²) in [5.41, 5.74) is 1.09. The normalized spacial score (nSPS) is 10.3. The minimum Gasteiger partial charge on any atom is -0.497 e. The van der Waals surface area contributed by atoms with Crippen molar-refractivity contribution in [1.29, 1.82) is 0 Å². The molecule has 0 aliphatic carbocycles. The summed E-state index contributed by atoms with van der Waals surface area (Å²) < 4.78 is 20.5.